The molecule has 0 aliphatic carbocycles. The van der Waals surface area contributed by atoms with Gasteiger partial charge in [-0.15, -0.1) is 0 Å². The van der Waals surface area contributed by atoms with Gasteiger partial charge in [-0.3, -0.25) is 5.32 Å². The molecule has 0 aromatic carbocycles. The van der Waals surface area contributed by atoms with E-state index in [0.717, 1.165) is 10.4 Å². The van der Waals surface area contributed by atoms with Gasteiger partial charge in [-0.25, -0.2) is 14.7 Å². The molecule has 2 unspecified atom stereocenters. The number of nitrogens with zero attached hydrogens (tertiary/aromatic N) is 4. The minimum atomic E-state index is -0.401. The average Bonchev–Trinajstić information content (AvgIpc) is 2.84. The molecule has 7 heteroatoms. The normalized spacial score (nSPS) is 30.5. The molecule has 0 radical (unpaired) electrons. The zero-order valence-electron chi connectivity index (χ0n) is 14.7. The molecule has 1 N–H and O–H groups in total. The van der Waals surface area contributed by atoms with Crippen LogP contribution in [-0.4, -0.2) is 59.0 Å². The van der Waals surface area contributed by atoms with Gasteiger partial charge in [-0.2, -0.15) is 0 Å². The van der Waals surface area contributed by atoms with E-state index in [-0.39, 0.29) is 16.4 Å². The molecule has 0 saturated heterocycles. The molecule has 0 saturated carbocycles. The molecule has 23 heavy (non-hydrogen) atoms. The number of aliphatic imine (C=N–C) groups is 1. The maximum Gasteiger partial charge on any atom is 0.390 e. The average molecular weight is 321 g/mol. The Labute approximate surface area is 137 Å². The molecular formula is C16H27N5O2+2. The predicted molar refractivity (Wildman–Crippen MR) is 86.9 cm³/mol. The molecule has 0 aromatic heterocycles. The number of carbonyl (C=O) groups is 1. The van der Waals surface area contributed by atoms with Crippen LogP contribution in [0.15, 0.2) is 16.4 Å². The van der Waals surface area contributed by atoms with Crippen LogP contribution in [0.1, 0.15) is 34.1 Å². The van der Waals surface area contributed by atoms with E-state index in [4.69, 9.17) is 4.99 Å². The van der Waals surface area contributed by atoms with E-state index in [1.165, 1.54) is 0 Å². The Morgan fingerprint density at radius 3 is 2.65 bits per heavy atom. The number of fused-ring (bicyclic) bond motifs is 2. The summed E-state index contributed by atoms with van der Waals surface area (Å²) in [6, 6.07) is -0.401. The summed E-state index contributed by atoms with van der Waals surface area (Å²) in [5, 5.41) is 3.28. The van der Waals surface area contributed by atoms with Gasteiger partial charge in [-0.1, -0.05) is 27.7 Å². The van der Waals surface area contributed by atoms with Crippen molar-refractivity contribution in [2.75, 3.05) is 26.8 Å². The van der Waals surface area contributed by atoms with Crippen molar-refractivity contribution in [1.82, 2.24) is 10.2 Å². The third-order valence-corrected chi connectivity index (χ3v) is 4.65. The molecule has 1 amide bonds. The van der Waals surface area contributed by atoms with E-state index in [9.17, 15) is 9.70 Å². The fraction of sp³-hybridized carbons (Fsp3) is 0.750. The zero-order chi connectivity index (χ0) is 16.9. The van der Waals surface area contributed by atoms with Gasteiger partial charge in [0.2, 0.25) is 0 Å². The van der Waals surface area contributed by atoms with Crippen molar-refractivity contribution in [3.05, 3.63) is 16.3 Å². The first kappa shape index (κ1) is 16.3. The third-order valence-electron chi connectivity index (χ3n) is 4.65. The van der Waals surface area contributed by atoms with E-state index in [1.54, 1.807) is 0 Å². The van der Waals surface area contributed by atoms with E-state index in [1.807, 2.05) is 25.8 Å². The minimum absolute atomic E-state index is 0.0693. The molecule has 3 aliphatic heterocycles. The molecule has 3 rings (SSSR count). The topological polar surface area (TPSA) is 64.8 Å². The number of hydrogen-bond acceptors (Lipinski definition) is 5. The molecule has 2 atom stereocenters. The van der Waals surface area contributed by atoms with Crippen LogP contribution in [0.25, 0.3) is 0 Å². The van der Waals surface area contributed by atoms with E-state index in [0.29, 0.717) is 43.8 Å². The van der Waals surface area contributed by atoms with Gasteiger partial charge in [0.15, 0.2) is 16.5 Å². The number of nitroso groups, excluding NO2 is 1. The minimum Gasteiger partial charge on any atom is -0.277 e. The number of rotatable bonds is 4. The summed E-state index contributed by atoms with van der Waals surface area (Å²) >= 11 is 0. The van der Waals surface area contributed by atoms with Gasteiger partial charge in [0.1, 0.15) is 13.2 Å². The second-order valence-corrected chi connectivity index (χ2v) is 7.64. The quantitative estimate of drug-likeness (QED) is 0.625. The van der Waals surface area contributed by atoms with Crippen molar-refractivity contribution in [3.63, 3.8) is 0 Å². The first-order valence-electron chi connectivity index (χ1n) is 8.43. The summed E-state index contributed by atoms with van der Waals surface area (Å²) in [4.78, 5) is 33.9. The van der Waals surface area contributed by atoms with Gasteiger partial charge >= 0.3 is 11.7 Å². The van der Waals surface area contributed by atoms with Crippen molar-refractivity contribution >= 4 is 11.7 Å². The number of quaternary nitrogens is 1. The monoisotopic (exact) mass is 321 g/mol. The van der Waals surface area contributed by atoms with Crippen LogP contribution in [0.5, 0.6) is 0 Å². The van der Waals surface area contributed by atoms with Crippen LogP contribution in [0, 0.1) is 16.7 Å². The van der Waals surface area contributed by atoms with Crippen LogP contribution in [0.2, 0.25) is 0 Å². The summed E-state index contributed by atoms with van der Waals surface area (Å²) in [5.74, 6) is 1.78. The van der Waals surface area contributed by atoms with Gasteiger partial charge < -0.3 is 0 Å². The summed E-state index contributed by atoms with van der Waals surface area (Å²) in [6.07, 6.45) is 0.695. The second kappa shape index (κ2) is 5.49. The highest BCUT2D eigenvalue weighted by Crippen LogP contribution is 2.39. The molecular weight excluding hydrogens is 294 g/mol. The van der Waals surface area contributed by atoms with E-state index >= 15 is 0 Å². The van der Waals surface area contributed by atoms with Crippen LogP contribution >= 0.6 is 0 Å². The van der Waals surface area contributed by atoms with Crippen molar-refractivity contribution < 1.29 is 14.3 Å². The second-order valence-electron chi connectivity index (χ2n) is 7.64. The van der Waals surface area contributed by atoms with Gasteiger partial charge in [0.05, 0.1) is 7.05 Å². The number of amidine groups is 1. The standard InChI is InChI=1S/C16H27N5O2/c1-10(2)6-13-16(22)21(8-11(3)4)14(18-13)12-7-17-9-19(5)15(12)20(21)23/h10-11,13,17H,6-9H2,1-5H3/q+2. The summed E-state index contributed by atoms with van der Waals surface area (Å²) < 4.78 is -0.272. The number of carbonyl (C=O) groups excluding carboxylic acids is 1. The van der Waals surface area contributed by atoms with E-state index < -0.39 is 6.04 Å². The smallest absolute Gasteiger partial charge is 0.277 e. The largest absolute Gasteiger partial charge is 0.390 e. The van der Waals surface area contributed by atoms with Crippen molar-refractivity contribution in [3.8, 4) is 0 Å². The SMILES string of the molecule is CC(C)CC1N=C2C3=C(N(C)CNC3)[N+](=O)[N+]2(CC(C)C)C1=O. The summed E-state index contributed by atoms with van der Waals surface area (Å²) in [6.45, 7) is 9.92. The number of nitrogens with one attached hydrogen (secondary N) is 1. The molecule has 0 fully saturated rings. The Bertz CT molecular complexity index is 622. The lowest BCUT2D eigenvalue weighted by molar-refractivity contribution is -1.23. The van der Waals surface area contributed by atoms with Crippen molar-refractivity contribution in [2.45, 2.75) is 40.2 Å². The lowest BCUT2D eigenvalue weighted by atomic mass is 10.0. The lowest BCUT2D eigenvalue weighted by Gasteiger charge is -2.23. The molecule has 0 bridgehead atoms. The van der Waals surface area contributed by atoms with Gasteiger partial charge in [0, 0.05) is 12.5 Å². The first-order valence-corrected chi connectivity index (χ1v) is 8.43. The Balaban J connectivity index is 2.11. The number of amides is 1. The van der Waals surface area contributed by atoms with E-state index in [2.05, 4.69) is 19.2 Å². The zero-order valence-corrected chi connectivity index (χ0v) is 14.7. The molecule has 0 aromatic rings. The van der Waals surface area contributed by atoms with Crippen LogP contribution in [0.3, 0.4) is 0 Å². The molecule has 7 nitrogen and oxygen atoms in total. The predicted octanol–water partition coefficient (Wildman–Crippen LogP) is 1.22. The maximum atomic E-state index is 13.2. The van der Waals surface area contributed by atoms with Gasteiger partial charge in [0.25, 0.3) is 5.84 Å². The molecule has 0 spiro atoms. The number of hydrogen-bond donors (Lipinski definition) is 1. The third kappa shape index (κ3) is 2.25. The molecule has 3 aliphatic rings. The highest BCUT2D eigenvalue weighted by atomic mass is 16.4. The highest BCUT2D eigenvalue weighted by molar-refractivity contribution is 6.05. The molecule has 3 heterocycles. The van der Waals surface area contributed by atoms with Gasteiger partial charge in [-0.05, 0) is 21.8 Å². The maximum absolute atomic E-state index is 13.2. The van der Waals surface area contributed by atoms with Crippen molar-refractivity contribution in [1.29, 1.82) is 0 Å². The van der Waals surface area contributed by atoms with Crippen LogP contribution in [0.4, 0.5) is 0 Å². The Kier molecular flexibility index (Phi) is 3.88. The summed E-state index contributed by atoms with van der Waals surface area (Å²) in [7, 11) is 1.87. The first-order chi connectivity index (χ1) is 10.8. The van der Waals surface area contributed by atoms with Crippen LogP contribution in [-0.2, 0) is 4.79 Å². The fourth-order valence-electron chi connectivity index (χ4n) is 3.84. The van der Waals surface area contributed by atoms with Crippen LogP contribution < -0.4 is 5.32 Å². The van der Waals surface area contributed by atoms with Crippen molar-refractivity contribution in [2.24, 2.45) is 16.8 Å². The fourth-order valence-corrected chi connectivity index (χ4v) is 3.84. The molecule has 126 valence electrons. The summed E-state index contributed by atoms with van der Waals surface area (Å²) in [5.41, 5.74) is 0.883. The Hall–Kier alpha value is -1.60. The lowest BCUT2D eigenvalue weighted by Crippen LogP contribution is -2.60. The Morgan fingerprint density at radius 1 is 1.35 bits per heavy atom. The highest BCUT2D eigenvalue weighted by Gasteiger charge is 2.70. The Morgan fingerprint density at radius 2 is 2.04 bits per heavy atom.